The first-order chi connectivity index (χ1) is 6.16. The summed E-state index contributed by atoms with van der Waals surface area (Å²) in [7, 11) is 0. The minimum atomic E-state index is -0.676. The maximum Gasteiger partial charge on any atom is 0.327 e. The number of rotatable bonds is 2. The molecule has 0 amide bonds. The predicted octanol–water partition coefficient (Wildman–Crippen LogP) is 1.00. The highest BCUT2D eigenvalue weighted by molar-refractivity contribution is 9.10. The first-order valence-corrected chi connectivity index (χ1v) is 5.16. The average molecular weight is 247 g/mol. The van der Waals surface area contributed by atoms with Crippen LogP contribution in [0.3, 0.4) is 0 Å². The van der Waals surface area contributed by atoms with E-state index in [2.05, 4.69) is 15.9 Å². The Bertz CT molecular complexity index is 264. The molecule has 0 aromatic heterocycles. The molecule has 0 aromatic rings. The van der Waals surface area contributed by atoms with Crippen molar-refractivity contribution >= 4 is 21.9 Å². The van der Waals surface area contributed by atoms with Gasteiger partial charge in [-0.3, -0.25) is 4.79 Å². The van der Waals surface area contributed by atoms with Gasteiger partial charge in [0.25, 0.3) is 0 Å². The summed E-state index contributed by atoms with van der Waals surface area (Å²) in [6, 6.07) is 0. The first kappa shape index (κ1) is 9.21. The number of hydrogen-bond acceptors (Lipinski definition) is 3. The molecule has 2 bridgehead atoms. The summed E-state index contributed by atoms with van der Waals surface area (Å²) < 4.78 is 4.43. The van der Waals surface area contributed by atoms with Gasteiger partial charge < -0.3 is 9.84 Å². The van der Waals surface area contributed by atoms with E-state index in [1.807, 2.05) is 12.2 Å². The van der Waals surface area contributed by atoms with Crippen LogP contribution in [0.4, 0.5) is 0 Å². The van der Waals surface area contributed by atoms with Gasteiger partial charge in [0.1, 0.15) is 10.4 Å². The summed E-state index contributed by atoms with van der Waals surface area (Å²) >= 11 is 3.39. The van der Waals surface area contributed by atoms with Crippen molar-refractivity contribution in [1.82, 2.24) is 0 Å². The van der Waals surface area contributed by atoms with E-state index >= 15 is 0 Å². The van der Waals surface area contributed by atoms with E-state index in [4.69, 9.17) is 9.84 Å². The third kappa shape index (κ3) is 1.32. The lowest BCUT2D eigenvalue weighted by Gasteiger charge is -2.42. The highest BCUT2D eigenvalue weighted by Crippen LogP contribution is 2.44. The number of hydrogen-bond donors (Lipinski definition) is 1. The molecule has 13 heavy (non-hydrogen) atoms. The monoisotopic (exact) mass is 246 g/mol. The van der Waals surface area contributed by atoms with E-state index in [-0.39, 0.29) is 24.6 Å². The number of carbonyl (C=O) groups is 1. The molecule has 3 nitrogen and oxygen atoms in total. The molecule has 1 fully saturated rings. The molecule has 0 saturated carbocycles. The Morgan fingerprint density at radius 1 is 1.77 bits per heavy atom. The second-order valence-corrected chi connectivity index (χ2v) is 4.83. The van der Waals surface area contributed by atoms with Crippen LogP contribution < -0.4 is 0 Å². The van der Waals surface area contributed by atoms with Crippen LogP contribution in [-0.2, 0) is 9.53 Å². The molecule has 3 aliphatic rings. The third-order valence-electron chi connectivity index (χ3n) is 2.71. The fourth-order valence-electron chi connectivity index (χ4n) is 1.95. The Balaban J connectivity index is 2.26. The highest BCUT2D eigenvalue weighted by atomic mass is 79.9. The molecule has 4 heteroatoms. The number of carbonyl (C=O) groups excluding carboxylic acids is 1. The van der Waals surface area contributed by atoms with Gasteiger partial charge in [-0.2, -0.15) is 0 Å². The van der Waals surface area contributed by atoms with Gasteiger partial charge in [0, 0.05) is 6.61 Å². The molecule has 0 spiro atoms. The van der Waals surface area contributed by atoms with Crippen LogP contribution in [0.5, 0.6) is 0 Å². The van der Waals surface area contributed by atoms with Gasteiger partial charge in [-0.1, -0.05) is 22.0 Å². The van der Waals surface area contributed by atoms with Crippen LogP contribution in [0.1, 0.15) is 12.8 Å². The zero-order chi connectivity index (χ0) is 9.47. The van der Waals surface area contributed by atoms with Crippen LogP contribution in [0.15, 0.2) is 12.2 Å². The van der Waals surface area contributed by atoms with E-state index < -0.39 is 4.32 Å². The van der Waals surface area contributed by atoms with Crippen molar-refractivity contribution in [2.45, 2.75) is 23.3 Å². The number of aliphatic hydroxyl groups excluding tert-OH is 1. The smallest absolute Gasteiger partial charge is 0.327 e. The van der Waals surface area contributed by atoms with Crippen LogP contribution in [0, 0.1) is 5.92 Å². The van der Waals surface area contributed by atoms with E-state index in [1.54, 1.807) is 0 Å². The van der Waals surface area contributed by atoms with Gasteiger partial charge in [0.15, 0.2) is 0 Å². The number of alkyl halides is 1. The van der Waals surface area contributed by atoms with Crippen LogP contribution in [0.25, 0.3) is 0 Å². The van der Waals surface area contributed by atoms with Gasteiger partial charge in [-0.05, 0) is 24.8 Å². The largest absolute Gasteiger partial charge is 0.457 e. The lowest BCUT2D eigenvalue weighted by molar-refractivity contribution is -0.158. The second kappa shape index (κ2) is 3.10. The van der Waals surface area contributed by atoms with E-state index in [0.29, 0.717) is 6.42 Å². The number of esters is 1. The molecule has 0 radical (unpaired) electrons. The van der Waals surface area contributed by atoms with Crippen molar-refractivity contribution in [2.24, 2.45) is 5.92 Å². The molecule has 1 aliphatic carbocycles. The number of halogens is 1. The lowest BCUT2D eigenvalue weighted by Crippen LogP contribution is -2.51. The van der Waals surface area contributed by atoms with Crippen LogP contribution in [-0.4, -0.2) is 28.1 Å². The third-order valence-corrected chi connectivity index (χ3v) is 3.95. The summed E-state index contributed by atoms with van der Waals surface area (Å²) in [5.41, 5.74) is 0. The molecule has 0 unspecified atom stereocenters. The topological polar surface area (TPSA) is 46.5 Å². The standard InChI is InChI=1S/C9H11BrO3/c10-9-3-1-7(13-8(9)12)5-6(9)2-4-11/h1,3,6-7,11H,2,4-5H2/t6-,7+,9+/m0/s1. The molecule has 3 rings (SSSR count). The number of aliphatic hydroxyl groups is 1. The Kier molecular flexibility index (Phi) is 2.20. The summed E-state index contributed by atoms with van der Waals surface area (Å²) in [5.74, 6) is -0.0570. The van der Waals surface area contributed by atoms with Crippen molar-refractivity contribution < 1.29 is 14.6 Å². The normalized spacial score (nSPS) is 42.2. The molecular formula is C9H11BrO3. The summed E-state index contributed by atoms with van der Waals surface area (Å²) in [6.45, 7) is 0.117. The zero-order valence-electron chi connectivity index (χ0n) is 7.07. The fraction of sp³-hybridized carbons (Fsp3) is 0.667. The highest BCUT2D eigenvalue weighted by Gasteiger charge is 2.50. The van der Waals surface area contributed by atoms with Gasteiger partial charge in [-0.25, -0.2) is 0 Å². The molecule has 1 N–H and O–H groups in total. The predicted molar refractivity (Wildman–Crippen MR) is 50.5 cm³/mol. The first-order valence-electron chi connectivity index (χ1n) is 4.37. The quantitative estimate of drug-likeness (QED) is 0.450. The van der Waals surface area contributed by atoms with Gasteiger partial charge in [0.05, 0.1) is 0 Å². The Labute approximate surface area is 84.9 Å². The molecule has 1 saturated heterocycles. The summed E-state index contributed by atoms with van der Waals surface area (Å²) in [4.78, 5) is 11.5. The van der Waals surface area contributed by atoms with Crippen molar-refractivity contribution in [2.75, 3.05) is 6.61 Å². The van der Waals surface area contributed by atoms with Crippen molar-refractivity contribution in [3.05, 3.63) is 12.2 Å². The minimum absolute atomic E-state index is 0.0801. The van der Waals surface area contributed by atoms with E-state index in [9.17, 15) is 4.79 Å². The SMILES string of the molecule is O=C1O[C@@H]2C=C[C@@]1(Br)[C@@H](CCO)C2. The van der Waals surface area contributed by atoms with Crippen molar-refractivity contribution in [3.63, 3.8) is 0 Å². The molecule has 2 aliphatic heterocycles. The van der Waals surface area contributed by atoms with Gasteiger partial charge in [0.2, 0.25) is 0 Å². The molecular weight excluding hydrogens is 236 g/mol. The zero-order valence-corrected chi connectivity index (χ0v) is 8.66. The Morgan fingerprint density at radius 2 is 2.54 bits per heavy atom. The Hall–Kier alpha value is -0.350. The summed E-state index contributed by atoms with van der Waals surface area (Å²) in [5, 5.41) is 8.85. The maximum atomic E-state index is 11.5. The second-order valence-electron chi connectivity index (χ2n) is 3.52. The summed E-state index contributed by atoms with van der Waals surface area (Å²) in [6.07, 6.45) is 5.13. The van der Waals surface area contributed by atoms with Crippen molar-refractivity contribution in [1.29, 1.82) is 0 Å². The van der Waals surface area contributed by atoms with Crippen LogP contribution in [0.2, 0.25) is 0 Å². The maximum absolute atomic E-state index is 11.5. The van der Waals surface area contributed by atoms with Crippen molar-refractivity contribution in [3.8, 4) is 0 Å². The van der Waals surface area contributed by atoms with Gasteiger partial charge >= 0.3 is 5.97 Å². The van der Waals surface area contributed by atoms with E-state index in [1.165, 1.54) is 0 Å². The molecule has 3 atom stereocenters. The van der Waals surface area contributed by atoms with E-state index in [0.717, 1.165) is 6.42 Å². The number of fused-ring (bicyclic) bond motifs is 2. The fourth-order valence-corrected chi connectivity index (χ4v) is 2.61. The lowest BCUT2D eigenvalue weighted by atomic mass is 9.78. The Morgan fingerprint density at radius 3 is 3.15 bits per heavy atom. The average Bonchev–Trinajstić information content (AvgIpc) is 2.09. The number of ether oxygens (including phenoxy) is 1. The molecule has 2 heterocycles. The van der Waals surface area contributed by atoms with Crippen LogP contribution >= 0.6 is 15.9 Å². The minimum Gasteiger partial charge on any atom is -0.457 e. The molecule has 72 valence electrons. The molecule has 0 aromatic carbocycles. The van der Waals surface area contributed by atoms with Gasteiger partial charge in [-0.15, -0.1) is 0 Å².